The van der Waals surface area contributed by atoms with Gasteiger partial charge in [-0.05, 0) is 51.3 Å². The zero-order chi connectivity index (χ0) is 17.9. The van der Waals surface area contributed by atoms with Crippen molar-refractivity contribution in [3.05, 3.63) is 35.9 Å². The molecule has 0 bridgehead atoms. The Balaban J connectivity index is 1.54. The van der Waals surface area contributed by atoms with E-state index in [9.17, 15) is 0 Å². The lowest BCUT2D eigenvalue weighted by Gasteiger charge is -2.32. The summed E-state index contributed by atoms with van der Waals surface area (Å²) in [5.74, 6) is 1.31. The average Bonchev–Trinajstić information content (AvgIpc) is 3.23. The van der Waals surface area contributed by atoms with E-state index in [4.69, 9.17) is 5.73 Å². The summed E-state index contributed by atoms with van der Waals surface area (Å²) in [5, 5.41) is 0. The number of hydrogen-bond acceptors (Lipinski definition) is 5. The predicted molar refractivity (Wildman–Crippen MR) is 107 cm³/mol. The molecule has 0 unspecified atom stereocenters. The molecule has 26 heavy (non-hydrogen) atoms. The minimum Gasteiger partial charge on any atom is -0.368 e. The van der Waals surface area contributed by atoms with Crippen LogP contribution in [0.3, 0.4) is 0 Å². The van der Waals surface area contributed by atoms with Crippen molar-refractivity contribution >= 4 is 11.8 Å². The van der Waals surface area contributed by atoms with E-state index in [2.05, 4.69) is 57.0 Å². The van der Waals surface area contributed by atoms with E-state index < -0.39 is 0 Å². The summed E-state index contributed by atoms with van der Waals surface area (Å²) in [4.78, 5) is 13.8. The van der Waals surface area contributed by atoms with Gasteiger partial charge in [-0.25, -0.2) is 4.98 Å². The van der Waals surface area contributed by atoms with Gasteiger partial charge in [0, 0.05) is 30.8 Å². The summed E-state index contributed by atoms with van der Waals surface area (Å²) in [5.41, 5.74) is 9.38. The molecular formula is C21H29N5. The molecule has 5 heteroatoms. The van der Waals surface area contributed by atoms with Crippen LogP contribution < -0.4 is 10.6 Å². The van der Waals surface area contributed by atoms with Crippen LogP contribution in [-0.4, -0.2) is 41.0 Å². The first-order valence-corrected chi connectivity index (χ1v) is 9.94. The van der Waals surface area contributed by atoms with E-state index in [0.29, 0.717) is 12.0 Å². The molecule has 2 aromatic rings. The van der Waals surface area contributed by atoms with Gasteiger partial charge in [0.1, 0.15) is 5.82 Å². The molecule has 1 atom stereocenters. The van der Waals surface area contributed by atoms with Gasteiger partial charge < -0.3 is 10.6 Å². The third-order valence-corrected chi connectivity index (χ3v) is 5.79. The molecule has 1 aromatic heterocycles. The number of anilines is 2. The summed E-state index contributed by atoms with van der Waals surface area (Å²) < 4.78 is 0. The van der Waals surface area contributed by atoms with Crippen molar-refractivity contribution in [2.24, 2.45) is 0 Å². The van der Waals surface area contributed by atoms with Gasteiger partial charge in [0.05, 0.1) is 5.69 Å². The maximum absolute atomic E-state index is 5.98. The summed E-state index contributed by atoms with van der Waals surface area (Å²) in [7, 11) is 0. The van der Waals surface area contributed by atoms with Crippen LogP contribution in [-0.2, 0) is 0 Å². The molecule has 2 fully saturated rings. The molecule has 138 valence electrons. The van der Waals surface area contributed by atoms with E-state index in [1.807, 2.05) is 0 Å². The van der Waals surface area contributed by atoms with Crippen LogP contribution in [0.2, 0.25) is 0 Å². The van der Waals surface area contributed by atoms with Crippen LogP contribution in [0.1, 0.15) is 50.6 Å². The van der Waals surface area contributed by atoms with E-state index in [1.54, 1.807) is 0 Å². The average molecular weight is 351 g/mol. The third-order valence-electron chi connectivity index (χ3n) is 5.79. The molecule has 2 aliphatic heterocycles. The lowest BCUT2D eigenvalue weighted by molar-refractivity contribution is 0.175. The van der Waals surface area contributed by atoms with Crippen molar-refractivity contribution in [1.29, 1.82) is 0 Å². The summed E-state index contributed by atoms with van der Waals surface area (Å²) in [6.07, 6.45) is 6.46. The van der Waals surface area contributed by atoms with Gasteiger partial charge in [0.25, 0.3) is 0 Å². The highest BCUT2D eigenvalue weighted by molar-refractivity contribution is 5.65. The molecule has 0 radical (unpaired) electrons. The monoisotopic (exact) mass is 351 g/mol. The summed E-state index contributed by atoms with van der Waals surface area (Å²) in [6.45, 7) is 6.86. The van der Waals surface area contributed by atoms with Gasteiger partial charge >= 0.3 is 0 Å². The maximum Gasteiger partial charge on any atom is 0.222 e. The molecule has 3 heterocycles. The van der Waals surface area contributed by atoms with Gasteiger partial charge in [-0.1, -0.05) is 30.7 Å². The zero-order valence-corrected chi connectivity index (χ0v) is 15.7. The van der Waals surface area contributed by atoms with Crippen molar-refractivity contribution < 1.29 is 0 Å². The summed E-state index contributed by atoms with van der Waals surface area (Å²) >= 11 is 0. The molecule has 0 aliphatic carbocycles. The van der Waals surface area contributed by atoms with E-state index in [0.717, 1.165) is 30.2 Å². The molecular weight excluding hydrogens is 322 g/mol. The summed E-state index contributed by atoms with van der Waals surface area (Å²) in [6, 6.07) is 11.4. The molecule has 2 saturated heterocycles. The van der Waals surface area contributed by atoms with Gasteiger partial charge in [-0.3, -0.25) is 4.90 Å². The maximum atomic E-state index is 5.98. The number of likely N-dealkylation sites (tertiary alicyclic amines) is 1. The quantitative estimate of drug-likeness (QED) is 0.906. The Morgan fingerprint density at radius 3 is 2.23 bits per heavy atom. The Morgan fingerprint density at radius 1 is 0.885 bits per heavy atom. The second kappa shape index (κ2) is 7.62. The number of piperidine rings is 1. The minimum atomic E-state index is 0.357. The number of nitrogens with zero attached hydrogens (tertiary/aromatic N) is 4. The van der Waals surface area contributed by atoms with Gasteiger partial charge in [0.15, 0.2) is 0 Å². The van der Waals surface area contributed by atoms with E-state index >= 15 is 0 Å². The normalized spacial score (nSPS) is 19.7. The molecule has 1 aromatic carbocycles. The largest absolute Gasteiger partial charge is 0.368 e. The standard InChI is InChI=1S/C21H29N5/c1-16(25-11-3-2-4-12-25)17-7-9-18(10-8-17)19-15-20(24-21(22)23-19)26-13-5-6-14-26/h7-10,15-16H,2-6,11-14H2,1H3,(H2,22,23,24)/t16-/m0/s1. The first-order chi connectivity index (χ1) is 12.7. The fourth-order valence-corrected chi connectivity index (χ4v) is 4.16. The van der Waals surface area contributed by atoms with Crippen LogP contribution in [0.5, 0.6) is 0 Å². The van der Waals surface area contributed by atoms with Crippen molar-refractivity contribution in [3.8, 4) is 11.3 Å². The Morgan fingerprint density at radius 2 is 1.54 bits per heavy atom. The molecule has 4 rings (SSSR count). The number of rotatable bonds is 4. The molecule has 2 N–H and O–H groups in total. The topological polar surface area (TPSA) is 58.3 Å². The SMILES string of the molecule is C[C@@H](c1ccc(-c2cc(N3CCCC3)nc(N)n2)cc1)N1CCCCC1. The van der Waals surface area contributed by atoms with Gasteiger partial charge in [-0.2, -0.15) is 4.98 Å². The fraction of sp³-hybridized carbons (Fsp3) is 0.524. The number of hydrogen-bond donors (Lipinski definition) is 1. The first kappa shape index (κ1) is 17.3. The predicted octanol–water partition coefficient (Wildman–Crippen LogP) is 3.87. The zero-order valence-electron chi connectivity index (χ0n) is 15.7. The smallest absolute Gasteiger partial charge is 0.222 e. The van der Waals surface area contributed by atoms with Crippen LogP contribution in [0, 0.1) is 0 Å². The van der Waals surface area contributed by atoms with Crippen molar-refractivity contribution in [1.82, 2.24) is 14.9 Å². The number of aromatic nitrogens is 2. The minimum absolute atomic E-state index is 0.357. The lowest BCUT2D eigenvalue weighted by Crippen LogP contribution is -2.32. The van der Waals surface area contributed by atoms with Gasteiger partial charge in [-0.15, -0.1) is 0 Å². The van der Waals surface area contributed by atoms with Crippen LogP contribution in [0.15, 0.2) is 30.3 Å². The van der Waals surface area contributed by atoms with Crippen LogP contribution >= 0.6 is 0 Å². The number of benzene rings is 1. The Hall–Kier alpha value is -2.14. The van der Waals surface area contributed by atoms with Crippen molar-refractivity contribution in [2.75, 3.05) is 36.8 Å². The number of nitrogens with two attached hydrogens (primary N) is 1. The highest BCUT2D eigenvalue weighted by atomic mass is 15.2. The highest BCUT2D eigenvalue weighted by Gasteiger charge is 2.19. The Labute approximate surface area is 156 Å². The molecule has 2 aliphatic rings. The van der Waals surface area contributed by atoms with E-state index in [-0.39, 0.29) is 0 Å². The third kappa shape index (κ3) is 3.68. The molecule has 5 nitrogen and oxygen atoms in total. The van der Waals surface area contributed by atoms with Crippen LogP contribution in [0.4, 0.5) is 11.8 Å². The first-order valence-electron chi connectivity index (χ1n) is 9.94. The molecule has 0 amide bonds. The van der Waals surface area contributed by atoms with E-state index in [1.165, 1.54) is 50.8 Å². The van der Waals surface area contributed by atoms with Crippen LogP contribution in [0.25, 0.3) is 11.3 Å². The van der Waals surface area contributed by atoms with Crippen molar-refractivity contribution in [3.63, 3.8) is 0 Å². The number of nitrogen functional groups attached to an aromatic ring is 1. The van der Waals surface area contributed by atoms with Crippen molar-refractivity contribution in [2.45, 2.75) is 45.1 Å². The Kier molecular flexibility index (Phi) is 5.07. The fourth-order valence-electron chi connectivity index (χ4n) is 4.16. The lowest BCUT2D eigenvalue weighted by atomic mass is 10.0. The highest BCUT2D eigenvalue weighted by Crippen LogP contribution is 2.28. The van der Waals surface area contributed by atoms with Gasteiger partial charge in [0.2, 0.25) is 5.95 Å². The molecule has 0 spiro atoms. The second-order valence-electron chi connectivity index (χ2n) is 7.56. The Bertz CT molecular complexity index is 731. The second-order valence-corrected chi connectivity index (χ2v) is 7.56. The molecule has 0 saturated carbocycles.